The van der Waals surface area contributed by atoms with Gasteiger partial charge in [-0.2, -0.15) is 11.8 Å². The lowest BCUT2D eigenvalue weighted by Crippen LogP contribution is -2.55. The Morgan fingerprint density at radius 1 is 1.50 bits per heavy atom. The van der Waals surface area contributed by atoms with Crippen LogP contribution < -0.4 is 5.32 Å². The van der Waals surface area contributed by atoms with E-state index in [1.165, 1.54) is 0 Å². The molecule has 0 spiro atoms. The number of nitrogens with zero attached hydrogens (tertiary/aromatic N) is 2. The van der Waals surface area contributed by atoms with Crippen LogP contribution in [0.1, 0.15) is 23.3 Å². The fourth-order valence-corrected chi connectivity index (χ4v) is 2.79. The second-order valence-electron chi connectivity index (χ2n) is 5.23. The third-order valence-electron chi connectivity index (χ3n) is 3.67. The predicted molar refractivity (Wildman–Crippen MR) is 85.7 cm³/mol. The Bertz CT molecular complexity index is 512. The fourth-order valence-electron chi connectivity index (χ4n) is 2.41. The van der Waals surface area contributed by atoms with Gasteiger partial charge in [-0.25, -0.2) is 0 Å². The quantitative estimate of drug-likeness (QED) is 0.826. The summed E-state index contributed by atoms with van der Waals surface area (Å²) in [6.45, 7) is 0.817. The normalized spacial score (nSPS) is 21.5. The molecule has 6 nitrogen and oxygen atoms in total. The first kappa shape index (κ1) is 16.8. The van der Waals surface area contributed by atoms with Crippen molar-refractivity contribution >= 4 is 23.6 Å². The Balaban J connectivity index is 1.86. The van der Waals surface area contributed by atoms with Crippen LogP contribution in [0, 0.1) is 0 Å². The molecule has 2 atom stereocenters. The molecule has 2 N–H and O–H groups in total. The number of aromatic nitrogens is 1. The van der Waals surface area contributed by atoms with Crippen molar-refractivity contribution in [2.24, 2.45) is 0 Å². The van der Waals surface area contributed by atoms with Crippen molar-refractivity contribution in [3.63, 3.8) is 0 Å². The Kier molecular flexibility index (Phi) is 6.21. The first-order valence-electron chi connectivity index (χ1n) is 7.28. The third-order valence-corrected chi connectivity index (χ3v) is 4.28. The number of rotatable bonds is 5. The number of β-amino-alcohol motifs (C(OH)–C–C–N with tert-alkyl or cyclic N) is 1. The van der Waals surface area contributed by atoms with E-state index in [0.717, 1.165) is 5.75 Å². The lowest BCUT2D eigenvalue weighted by Gasteiger charge is -2.36. The van der Waals surface area contributed by atoms with E-state index in [4.69, 9.17) is 0 Å². The molecule has 1 aromatic rings. The molecule has 0 aliphatic carbocycles. The largest absolute Gasteiger partial charge is 0.389 e. The Labute approximate surface area is 134 Å². The Morgan fingerprint density at radius 2 is 2.32 bits per heavy atom. The van der Waals surface area contributed by atoms with Crippen molar-refractivity contribution in [2.75, 3.05) is 25.1 Å². The van der Waals surface area contributed by atoms with Crippen molar-refractivity contribution in [1.29, 1.82) is 0 Å². The van der Waals surface area contributed by atoms with E-state index in [0.29, 0.717) is 25.1 Å². The molecule has 1 saturated heterocycles. The molecule has 2 heterocycles. The van der Waals surface area contributed by atoms with E-state index >= 15 is 0 Å². The molecule has 0 bridgehead atoms. The monoisotopic (exact) mass is 323 g/mol. The first-order chi connectivity index (χ1) is 10.6. The zero-order valence-corrected chi connectivity index (χ0v) is 13.4. The molecule has 1 fully saturated rings. The van der Waals surface area contributed by atoms with E-state index < -0.39 is 6.10 Å². The van der Waals surface area contributed by atoms with Crippen LogP contribution >= 0.6 is 11.8 Å². The number of piperidine rings is 1. The number of nitrogens with one attached hydrogen (secondary N) is 1. The van der Waals surface area contributed by atoms with E-state index in [1.807, 2.05) is 6.26 Å². The highest BCUT2D eigenvalue weighted by Crippen LogP contribution is 2.13. The van der Waals surface area contributed by atoms with Gasteiger partial charge in [0.1, 0.15) is 5.69 Å². The summed E-state index contributed by atoms with van der Waals surface area (Å²) in [6.07, 6.45) is 3.79. The van der Waals surface area contributed by atoms with Crippen molar-refractivity contribution < 1.29 is 14.7 Å². The zero-order chi connectivity index (χ0) is 15.9. The number of amides is 2. The van der Waals surface area contributed by atoms with E-state index in [2.05, 4.69) is 10.3 Å². The van der Waals surface area contributed by atoms with E-state index in [1.54, 1.807) is 41.1 Å². The number of aliphatic hydroxyl groups is 1. The molecule has 0 aromatic carbocycles. The highest BCUT2D eigenvalue weighted by atomic mass is 32.2. The summed E-state index contributed by atoms with van der Waals surface area (Å²) in [5.74, 6) is 0.542. The van der Waals surface area contributed by atoms with E-state index in [9.17, 15) is 14.7 Å². The molecular weight excluding hydrogens is 302 g/mol. The summed E-state index contributed by atoms with van der Waals surface area (Å²) in [4.78, 5) is 29.7. The highest BCUT2D eigenvalue weighted by Gasteiger charge is 2.31. The lowest BCUT2D eigenvalue weighted by molar-refractivity contribution is -0.134. The molecule has 1 aliphatic heterocycles. The predicted octanol–water partition coefficient (Wildman–Crippen LogP) is 0.526. The molecule has 0 saturated carbocycles. The minimum atomic E-state index is -0.750. The van der Waals surface area contributed by atoms with Crippen LogP contribution in [0.3, 0.4) is 0 Å². The minimum Gasteiger partial charge on any atom is -0.389 e. The molecule has 1 aliphatic rings. The summed E-state index contributed by atoms with van der Waals surface area (Å²) >= 11 is 1.63. The molecule has 0 radical (unpaired) electrons. The number of carbonyl (C=O) groups excluding carboxylic acids is 2. The molecule has 2 rings (SSSR count). The maximum atomic E-state index is 12.0. The van der Waals surface area contributed by atoms with Gasteiger partial charge in [0, 0.05) is 31.5 Å². The van der Waals surface area contributed by atoms with Crippen LogP contribution in [-0.2, 0) is 4.79 Å². The number of hydrogen-bond donors (Lipinski definition) is 2. The number of pyridine rings is 1. The second kappa shape index (κ2) is 8.14. The molecule has 2 amide bonds. The number of thioether (sulfide) groups is 1. The van der Waals surface area contributed by atoms with Gasteiger partial charge >= 0.3 is 0 Å². The van der Waals surface area contributed by atoms with Gasteiger partial charge in [0.15, 0.2) is 0 Å². The molecule has 120 valence electrons. The average Bonchev–Trinajstić information content (AvgIpc) is 2.55. The summed E-state index contributed by atoms with van der Waals surface area (Å²) in [5, 5.41) is 13.0. The molecule has 0 unspecified atom stereocenters. The van der Waals surface area contributed by atoms with Crippen LogP contribution in [-0.4, -0.2) is 64.0 Å². The molecular formula is C15H21N3O3S. The van der Waals surface area contributed by atoms with E-state index in [-0.39, 0.29) is 24.4 Å². The first-order valence-corrected chi connectivity index (χ1v) is 8.68. The van der Waals surface area contributed by atoms with Crippen molar-refractivity contribution in [1.82, 2.24) is 15.2 Å². The molecule has 7 heteroatoms. The van der Waals surface area contributed by atoms with Gasteiger partial charge < -0.3 is 15.3 Å². The number of aliphatic hydroxyl groups excluding tert-OH is 1. The van der Waals surface area contributed by atoms with Crippen molar-refractivity contribution in [3.8, 4) is 0 Å². The standard InChI is InChI=1S/C15H21N3O3S/c1-22-9-6-14(20)18-8-5-11(13(19)10-18)17-15(21)12-4-2-3-7-16-12/h2-4,7,11,13,19H,5-6,8-10H2,1H3,(H,17,21)/t11-,13-/m1/s1. The average molecular weight is 323 g/mol. The van der Waals surface area contributed by atoms with Crippen molar-refractivity contribution in [3.05, 3.63) is 30.1 Å². The molecule has 1 aromatic heterocycles. The van der Waals surface area contributed by atoms with Gasteiger partial charge in [-0.3, -0.25) is 14.6 Å². The second-order valence-corrected chi connectivity index (χ2v) is 6.22. The van der Waals surface area contributed by atoms with Gasteiger partial charge in [-0.1, -0.05) is 6.07 Å². The summed E-state index contributed by atoms with van der Waals surface area (Å²) in [6, 6.07) is 4.76. The number of carbonyl (C=O) groups is 2. The summed E-state index contributed by atoms with van der Waals surface area (Å²) in [5.41, 5.74) is 0.327. The third kappa shape index (κ3) is 4.45. The van der Waals surface area contributed by atoms with Gasteiger partial charge in [-0.15, -0.1) is 0 Å². The smallest absolute Gasteiger partial charge is 0.270 e. The topological polar surface area (TPSA) is 82.5 Å². The van der Waals surface area contributed by atoms with Crippen LogP contribution in [0.25, 0.3) is 0 Å². The minimum absolute atomic E-state index is 0.0582. The molecule has 22 heavy (non-hydrogen) atoms. The lowest BCUT2D eigenvalue weighted by atomic mass is 10.0. The van der Waals surface area contributed by atoms with Crippen molar-refractivity contribution in [2.45, 2.75) is 25.0 Å². The van der Waals surface area contributed by atoms with Gasteiger partial charge in [-0.05, 0) is 24.8 Å². The Hall–Kier alpha value is -1.60. The summed E-state index contributed by atoms with van der Waals surface area (Å²) in [7, 11) is 0. The van der Waals surface area contributed by atoms with Crippen LogP contribution in [0.4, 0.5) is 0 Å². The van der Waals surface area contributed by atoms with Gasteiger partial charge in [0.05, 0.1) is 12.1 Å². The SMILES string of the molecule is CSCCC(=O)N1CC[C@@H](NC(=O)c2ccccn2)[C@H](O)C1. The number of likely N-dealkylation sites (tertiary alicyclic amines) is 1. The maximum absolute atomic E-state index is 12.0. The van der Waals surface area contributed by atoms with Gasteiger partial charge in [0.2, 0.25) is 5.91 Å². The number of hydrogen-bond acceptors (Lipinski definition) is 5. The van der Waals surface area contributed by atoms with Crippen LogP contribution in [0.5, 0.6) is 0 Å². The zero-order valence-electron chi connectivity index (χ0n) is 12.6. The Morgan fingerprint density at radius 3 is 2.95 bits per heavy atom. The fraction of sp³-hybridized carbons (Fsp3) is 0.533. The van der Waals surface area contributed by atoms with Crippen LogP contribution in [0.2, 0.25) is 0 Å². The highest BCUT2D eigenvalue weighted by molar-refractivity contribution is 7.98. The van der Waals surface area contributed by atoms with Crippen LogP contribution in [0.15, 0.2) is 24.4 Å². The summed E-state index contributed by atoms with van der Waals surface area (Å²) < 4.78 is 0. The maximum Gasteiger partial charge on any atom is 0.270 e. The van der Waals surface area contributed by atoms with Gasteiger partial charge in [0.25, 0.3) is 5.91 Å².